The maximum Gasteiger partial charge on any atom is 0.255 e. The largest absolute Gasteiger partial charge is 0.493 e. The molecule has 8 heteroatoms. The maximum absolute atomic E-state index is 12.7. The van der Waals surface area contributed by atoms with Crippen LogP contribution in [-0.4, -0.2) is 45.7 Å². The van der Waals surface area contributed by atoms with Gasteiger partial charge in [0.2, 0.25) is 12.5 Å². The van der Waals surface area contributed by atoms with Crippen LogP contribution in [0.4, 0.5) is 0 Å². The highest BCUT2D eigenvalue weighted by atomic mass is 16.7. The van der Waals surface area contributed by atoms with Crippen molar-refractivity contribution >= 4 is 5.91 Å². The van der Waals surface area contributed by atoms with E-state index in [1.807, 2.05) is 0 Å². The van der Waals surface area contributed by atoms with Crippen LogP contribution in [0.1, 0.15) is 22.8 Å². The Hall–Kier alpha value is -3.13. The zero-order valence-corrected chi connectivity index (χ0v) is 16.2. The van der Waals surface area contributed by atoms with Gasteiger partial charge in [0.15, 0.2) is 23.0 Å². The van der Waals surface area contributed by atoms with E-state index >= 15 is 0 Å². The van der Waals surface area contributed by atoms with Crippen LogP contribution in [0.2, 0.25) is 0 Å². The lowest BCUT2D eigenvalue weighted by atomic mass is 9.95. The summed E-state index contributed by atoms with van der Waals surface area (Å²) in [5.74, 6) is 1.79. The molecule has 0 saturated carbocycles. The summed E-state index contributed by atoms with van der Waals surface area (Å²) in [7, 11) is 4.41. The van der Waals surface area contributed by atoms with Crippen molar-refractivity contribution < 1.29 is 33.6 Å². The quantitative estimate of drug-likeness (QED) is 0.748. The molecule has 0 aliphatic carbocycles. The molecular weight excluding hydrogens is 366 g/mol. The number of aliphatic hydroxyl groups is 1. The van der Waals surface area contributed by atoms with Gasteiger partial charge in [0.25, 0.3) is 5.91 Å². The van der Waals surface area contributed by atoms with Crippen molar-refractivity contribution in [3.05, 3.63) is 41.5 Å². The van der Waals surface area contributed by atoms with E-state index in [0.717, 1.165) is 0 Å². The molecule has 2 aromatic carbocycles. The molecule has 2 N–H and O–H groups in total. The summed E-state index contributed by atoms with van der Waals surface area (Å²) in [6.45, 7) is 1.73. The van der Waals surface area contributed by atoms with Gasteiger partial charge in [-0.2, -0.15) is 0 Å². The number of hydrogen-bond donors (Lipinski definition) is 2. The van der Waals surface area contributed by atoms with Gasteiger partial charge in [-0.1, -0.05) is 6.07 Å². The molecule has 3 rings (SSSR count). The number of carbonyl (C=O) groups excluding carboxylic acids is 1. The minimum absolute atomic E-state index is 0.0248. The molecule has 0 saturated heterocycles. The van der Waals surface area contributed by atoms with Gasteiger partial charge in [0.05, 0.1) is 33.4 Å². The van der Waals surface area contributed by atoms with Crippen LogP contribution >= 0.6 is 0 Å². The van der Waals surface area contributed by atoms with Gasteiger partial charge in [-0.15, -0.1) is 0 Å². The first kappa shape index (κ1) is 19.6. The van der Waals surface area contributed by atoms with Gasteiger partial charge in [-0.25, -0.2) is 0 Å². The molecule has 0 fully saturated rings. The molecule has 28 heavy (non-hydrogen) atoms. The monoisotopic (exact) mass is 389 g/mol. The Morgan fingerprint density at radius 1 is 1.07 bits per heavy atom. The van der Waals surface area contributed by atoms with Crippen LogP contribution in [0.5, 0.6) is 28.7 Å². The van der Waals surface area contributed by atoms with Crippen molar-refractivity contribution in [2.24, 2.45) is 0 Å². The molecule has 0 bridgehead atoms. The van der Waals surface area contributed by atoms with Crippen LogP contribution in [0.3, 0.4) is 0 Å². The molecule has 1 unspecified atom stereocenters. The number of ether oxygens (including phenoxy) is 5. The van der Waals surface area contributed by atoms with Crippen molar-refractivity contribution in [2.45, 2.75) is 12.5 Å². The van der Waals surface area contributed by atoms with Crippen molar-refractivity contribution in [3.8, 4) is 28.7 Å². The van der Waals surface area contributed by atoms with Gasteiger partial charge < -0.3 is 34.1 Å². The average Bonchev–Trinajstić information content (AvgIpc) is 3.18. The summed E-state index contributed by atoms with van der Waals surface area (Å²) in [5, 5.41) is 13.6. The van der Waals surface area contributed by atoms with Crippen LogP contribution in [0.25, 0.3) is 0 Å². The molecule has 0 spiro atoms. The summed E-state index contributed by atoms with van der Waals surface area (Å²) in [6.07, 6.45) is 0. The second-order valence-electron chi connectivity index (χ2n) is 6.41. The molecule has 1 heterocycles. The number of carbonyl (C=O) groups is 1. The second kappa shape index (κ2) is 7.85. The number of hydrogen-bond acceptors (Lipinski definition) is 7. The summed E-state index contributed by atoms with van der Waals surface area (Å²) < 4.78 is 26.5. The van der Waals surface area contributed by atoms with Crippen LogP contribution < -0.4 is 29.0 Å². The lowest BCUT2D eigenvalue weighted by Crippen LogP contribution is -2.38. The lowest BCUT2D eigenvalue weighted by Gasteiger charge is -2.25. The SMILES string of the molecule is COc1ccc(C(=O)NCC(C)(O)c2ccc3c(c2)OCO3)c(OC)c1OC. The van der Waals surface area contributed by atoms with E-state index in [9.17, 15) is 9.90 Å². The minimum Gasteiger partial charge on any atom is -0.493 e. The Balaban J connectivity index is 1.78. The molecule has 0 radical (unpaired) electrons. The molecule has 1 atom stereocenters. The van der Waals surface area contributed by atoms with Gasteiger partial charge in [0.1, 0.15) is 5.60 Å². The highest BCUT2D eigenvalue weighted by molar-refractivity contribution is 5.98. The van der Waals surface area contributed by atoms with Crippen molar-refractivity contribution in [1.82, 2.24) is 5.32 Å². The Labute approximate surface area is 162 Å². The number of rotatable bonds is 7. The molecule has 8 nitrogen and oxygen atoms in total. The minimum atomic E-state index is -1.32. The highest BCUT2D eigenvalue weighted by Gasteiger charge is 2.28. The Morgan fingerprint density at radius 3 is 2.46 bits per heavy atom. The first-order valence-corrected chi connectivity index (χ1v) is 8.61. The number of benzene rings is 2. The Bertz CT molecular complexity index is 879. The molecule has 1 aliphatic rings. The first-order valence-electron chi connectivity index (χ1n) is 8.61. The molecule has 1 aliphatic heterocycles. The van der Waals surface area contributed by atoms with E-state index in [1.54, 1.807) is 37.3 Å². The van der Waals surface area contributed by atoms with Crippen LogP contribution in [0, 0.1) is 0 Å². The second-order valence-corrected chi connectivity index (χ2v) is 6.41. The standard InChI is InChI=1S/C20H23NO7/c1-20(23,12-5-7-14-16(9-12)28-11-27-14)10-21-19(22)13-6-8-15(24-2)18(26-4)17(13)25-3/h5-9,23H,10-11H2,1-4H3,(H,21,22). The van der Waals surface area contributed by atoms with E-state index in [-0.39, 0.29) is 24.7 Å². The Morgan fingerprint density at radius 2 is 1.79 bits per heavy atom. The molecular formula is C20H23NO7. The van der Waals surface area contributed by atoms with Crippen molar-refractivity contribution in [2.75, 3.05) is 34.7 Å². The molecule has 0 aromatic heterocycles. The summed E-state index contributed by atoms with van der Waals surface area (Å²) >= 11 is 0. The predicted molar refractivity (Wildman–Crippen MR) is 101 cm³/mol. The van der Waals surface area contributed by atoms with Crippen molar-refractivity contribution in [3.63, 3.8) is 0 Å². The van der Waals surface area contributed by atoms with Gasteiger partial charge in [-0.05, 0) is 36.8 Å². The number of nitrogens with one attached hydrogen (secondary N) is 1. The van der Waals surface area contributed by atoms with Crippen molar-refractivity contribution in [1.29, 1.82) is 0 Å². The maximum atomic E-state index is 12.7. The smallest absolute Gasteiger partial charge is 0.255 e. The fourth-order valence-electron chi connectivity index (χ4n) is 2.96. The van der Waals surface area contributed by atoms with Gasteiger partial charge >= 0.3 is 0 Å². The third kappa shape index (κ3) is 3.63. The zero-order chi connectivity index (χ0) is 20.3. The van der Waals surface area contributed by atoms with Crippen LogP contribution in [0.15, 0.2) is 30.3 Å². The fraction of sp³-hybridized carbons (Fsp3) is 0.350. The highest BCUT2D eigenvalue weighted by Crippen LogP contribution is 2.40. The van der Waals surface area contributed by atoms with E-state index < -0.39 is 11.5 Å². The third-order valence-electron chi connectivity index (χ3n) is 4.54. The summed E-state index contributed by atoms with van der Waals surface area (Å²) in [5.41, 5.74) is -0.460. The zero-order valence-electron chi connectivity index (χ0n) is 16.2. The predicted octanol–water partition coefficient (Wildman–Crippen LogP) is 2.08. The first-order chi connectivity index (χ1) is 13.4. The summed E-state index contributed by atoms with van der Waals surface area (Å²) in [6, 6.07) is 8.35. The van der Waals surface area contributed by atoms with Gasteiger partial charge in [-0.3, -0.25) is 4.79 Å². The third-order valence-corrected chi connectivity index (χ3v) is 4.54. The number of methoxy groups -OCH3 is 3. The average molecular weight is 389 g/mol. The molecule has 1 amide bonds. The number of amides is 1. The molecule has 150 valence electrons. The Kier molecular flexibility index (Phi) is 5.51. The molecule has 2 aromatic rings. The van der Waals surface area contributed by atoms with Gasteiger partial charge in [0, 0.05) is 0 Å². The topological polar surface area (TPSA) is 95.5 Å². The van der Waals surface area contributed by atoms with E-state index in [4.69, 9.17) is 23.7 Å². The lowest BCUT2D eigenvalue weighted by molar-refractivity contribution is 0.0524. The van der Waals surface area contributed by atoms with E-state index in [2.05, 4.69) is 5.32 Å². The van der Waals surface area contributed by atoms with E-state index in [1.165, 1.54) is 21.3 Å². The summed E-state index contributed by atoms with van der Waals surface area (Å²) in [4.78, 5) is 12.7. The normalized spacial score (nSPS) is 14.2. The van der Waals surface area contributed by atoms with Crippen LogP contribution in [-0.2, 0) is 5.60 Å². The fourth-order valence-corrected chi connectivity index (χ4v) is 2.96. The number of fused-ring (bicyclic) bond motifs is 1. The van der Waals surface area contributed by atoms with E-state index in [0.29, 0.717) is 28.6 Å².